The second kappa shape index (κ2) is 3.28. The number of hydrogen-bond donors (Lipinski definition) is 1. The summed E-state index contributed by atoms with van der Waals surface area (Å²) in [6, 6.07) is 3.72. The number of nitrogen functional groups attached to an aromatic ring is 1. The number of nitrogens with two attached hydrogens (primary N) is 1. The van der Waals surface area contributed by atoms with E-state index in [2.05, 4.69) is 15.1 Å². The maximum absolute atomic E-state index is 5.61. The highest BCUT2D eigenvalue weighted by Gasteiger charge is 2.08. The normalized spacial score (nSPS) is 11.1. The third-order valence-corrected chi connectivity index (χ3v) is 3.28. The van der Waals surface area contributed by atoms with Gasteiger partial charge >= 0.3 is 0 Å². The van der Waals surface area contributed by atoms with Crippen LogP contribution in [0.2, 0.25) is 0 Å². The average molecular weight is 231 g/mol. The molecule has 0 saturated carbocycles. The molecule has 0 bridgehead atoms. The summed E-state index contributed by atoms with van der Waals surface area (Å²) in [6.07, 6.45) is 3.50. The Bertz CT molecular complexity index is 654. The predicted molar refractivity (Wildman–Crippen MR) is 63.7 cm³/mol. The van der Waals surface area contributed by atoms with Crippen molar-refractivity contribution in [1.82, 2.24) is 19.7 Å². The molecule has 0 atom stereocenters. The first-order valence-corrected chi connectivity index (χ1v) is 5.59. The molecular weight excluding hydrogens is 222 g/mol. The summed E-state index contributed by atoms with van der Waals surface area (Å²) in [5.74, 6) is 0.488. The van der Waals surface area contributed by atoms with Gasteiger partial charge in [-0.2, -0.15) is 5.10 Å². The van der Waals surface area contributed by atoms with Gasteiger partial charge in [0, 0.05) is 24.2 Å². The second-order valence-corrected chi connectivity index (χ2v) is 4.47. The Morgan fingerprint density at radius 1 is 1.44 bits per heavy atom. The van der Waals surface area contributed by atoms with E-state index in [4.69, 9.17) is 5.73 Å². The van der Waals surface area contributed by atoms with Crippen LogP contribution >= 0.6 is 11.3 Å². The fourth-order valence-electron chi connectivity index (χ4n) is 1.50. The SMILES string of the molecule is Cc1ccnn1-c1nc2cc(N)ncc2s1. The Balaban J connectivity index is 2.23. The van der Waals surface area contributed by atoms with Crippen LogP contribution in [0.4, 0.5) is 5.82 Å². The molecule has 2 N–H and O–H groups in total. The molecule has 0 aliphatic rings. The van der Waals surface area contributed by atoms with Crippen molar-refractivity contribution in [3.63, 3.8) is 0 Å². The van der Waals surface area contributed by atoms with Gasteiger partial charge in [0.1, 0.15) is 5.82 Å². The van der Waals surface area contributed by atoms with Gasteiger partial charge in [-0.1, -0.05) is 11.3 Å². The lowest BCUT2D eigenvalue weighted by Crippen LogP contribution is -1.96. The molecule has 0 saturated heterocycles. The Kier molecular flexibility index (Phi) is 1.90. The molecule has 0 aromatic carbocycles. The summed E-state index contributed by atoms with van der Waals surface area (Å²) in [7, 11) is 0. The van der Waals surface area contributed by atoms with Gasteiger partial charge in [-0.05, 0) is 13.0 Å². The number of hydrogen-bond acceptors (Lipinski definition) is 5. The maximum Gasteiger partial charge on any atom is 0.211 e. The van der Waals surface area contributed by atoms with E-state index in [9.17, 15) is 0 Å². The molecule has 16 heavy (non-hydrogen) atoms. The summed E-state index contributed by atoms with van der Waals surface area (Å²) >= 11 is 1.55. The van der Waals surface area contributed by atoms with Crippen LogP contribution in [0.15, 0.2) is 24.5 Å². The van der Waals surface area contributed by atoms with Crippen LogP contribution in [0.3, 0.4) is 0 Å². The minimum absolute atomic E-state index is 0.488. The third kappa shape index (κ3) is 1.35. The molecular formula is C10H9N5S. The van der Waals surface area contributed by atoms with Crippen molar-refractivity contribution in [1.29, 1.82) is 0 Å². The zero-order valence-electron chi connectivity index (χ0n) is 8.58. The van der Waals surface area contributed by atoms with E-state index < -0.39 is 0 Å². The zero-order chi connectivity index (χ0) is 11.1. The van der Waals surface area contributed by atoms with Crippen LogP contribution in [0.5, 0.6) is 0 Å². The molecule has 3 heterocycles. The van der Waals surface area contributed by atoms with Crippen LogP contribution in [-0.2, 0) is 0 Å². The first-order valence-electron chi connectivity index (χ1n) is 4.77. The number of aryl methyl sites for hydroxylation is 1. The fraction of sp³-hybridized carbons (Fsp3) is 0.100. The molecule has 3 rings (SSSR count). The first-order chi connectivity index (χ1) is 7.74. The largest absolute Gasteiger partial charge is 0.384 e. The van der Waals surface area contributed by atoms with Crippen LogP contribution in [0, 0.1) is 6.92 Å². The molecule has 0 amide bonds. The number of anilines is 1. The standard InChI is InChI=1S/C10H9N5S/c1-6-2-3-13-15(6)10-14-7-4-9(11)12-5-8(7)16-10/h2-5H,1H3,(H2,11,12). The minimum atomic E-state index is 0.488. The van der Waals surface area contributed by atoms with Crippen molar-refractivity contribution in [2.75, 3.05) is 5.73 Å². The molecule has 0 radical (unpaired) electrons. The minimum Gasteiger partial charge on any atom is -0.384 e. The molecule has 0 aliphatic heterocycles. The van der Waals surface area contributed by atoms with E-state index in [1.165, 1.54) is 0 Å². The summed E-state index contributed by atoms with van der Waals surface area (Å²) in [6.45, 7) is 1.99. The number of nitrogens with zero attached hydrogens (tertiary/aromatic N) is 4. The number of pyridine rings is 1. The van der Waals surface area contributed by atoms with Gasteiger partial charge in [0.15, 0.2) is 0 Å². The molecule has 0 unspecified atom stereocenters. The highest BCUT2D eigenvalue weighted by Crippen LogP contribution is 2.25. The maximum atomic E-state index is 5.61. The molecule has 3 aromatic rings. The Morgan fingerprint density at radius 2 is 2.31 bits per heavy atom. The van der Waals surface area contributed by atoms with E-state index in [-0.39, 0.29) is 0 Å². The van der Waals surface area contributed by atoms with Crippen molar-refractivity contribution in [2.45, 2.75) is 6.92 Å². The van der Waals surface area contributed by atoms with Crippen LogP contribution in [0.1, 0.15) is 5.69 Å². The molecule has 6 heteroatoms. The number of aromatic nitrogens is 4. The van der Waals surface area contributed by atoms with E-state index in [0.717, 1.165) is 21.0 Å². The van der Waals surface area contributed by atoms with E-state index >= 15 is 0 Å². The lowest BCUT2D eigenvalue weighted by molar-refractivity contribution is 0.840. The Hall–Kier alpha value is -1.95. The smallest absolute Gasteiger partial charge is 0.211 e. The Morgan fingerprint density at radius 3 is 3.06 bits per heavy atom. The molecule has 0 spiro atoms. The van der Waals surface area contributed by atoms with Crippen molar-refractivity contribution in [3.8, 4) is 5.13 Å². The topological polar surface area (TPSA) is 69.6 Å². The van der Waals surface area contributed by atoms with Gasteiger partial charge in [0.05, 0.1) is 10.2 Å². The summed E-state index contributed by atoms with van der Waals surface area (Å²) in [4.78, 5) is 8.52. The summed E-state index contributed by atoms with van der Waals surface area (Å²) in [5, 5.41) is 5.05. The molecule has 0 fully saturated rings. The lowest BCUT2D eigenvalue weighted by atomic mass is 10.4. The van der Waals surface area contributed by atoms with Gasteiger partial charge < -0.3 is 5.73 Å². The van der Waals surface area contributed by atoms with Gasteiger partial charge in [-0.15, -0.1) is 0 Å². The zero-order valence-corrected chi connectivity index (χ0v) is 9.40. The monoisotopic (exact) mass is 231 g/mol. The quantitative estimate of drug-likeness (QED) is 0.693. The van der Waals surface area contributed by atoms with Crippen LogP contribution in [-0.4, -0.2) is 19.7 Å². The fourth-order valence-corrected chi connectivity index (χ4v) is 2.43. The molecule has 3 aromatic heterocycles. The van der Waals surface area contributed by atoms with Gasteiger partial charge in [-0.3, -0.25) is 0 Å². The predicted octanol–water partition coefficient (Wildman–Crippen LogP) is 1.77. The lowest BCUT2D eigenvalue weighted by Gasteiger charge is -1.96. The second-order valence-electron chi connectivity index (χ2n) is 3.46. The van der Waals surface area contributed by atoms with Gasteiger partial charge in [0.2, 0.25) is 5.13 Å². The van der Waals surface area contributed by atoms with Gasteiger partial charge in [-0.25, -0.2) is 14.6 Å². The molecule has 5 nitrogen and oxygen atoms in total. The van der Waals surface area contributed by atoms with E-state index in [0.29, 0.717) is 5.82 Å². The highest BCUT2D eigenvalue weighted by atomic mass is 32.1. The van der Waals surface area contributed by atoms with Gasteiger partial charge in [0.25, 0.3) is 0 Å². The van der Waals surface area contributed by atoms with Crippen molar-refractivity contribution < 1.29 is 0 Å². The summed E-state index contributed by atoms with van der Waals surface area (Å²) in [5.41, 5.74) is 7.53. The Labute approximate surface area is 95.6 Å². The van der Waals surface area contributed by atoms with Crippen molar-refractivity contribution >= 4 is 27.4 Å². The van der Waals surface area contributed by atoms with E-state index in [1.807, 2.05) is 13.0 Å². The summed E-state index contributed by atoms with van der Waals surface area (Å²) < 4.78 is 2.82. The number of thiazole rings is 1. The third-order valence-electron chi connectivity index (χ3n) is 2.30. The molecule has 80 valence electrons. The van der Waals surface area contributed by atoms with E-state index in [1.54, 1.807) is 34.5 Å². The first kappa shape index (κ1) is 9.29. The van der Waals surface area contributed by atoms with Crippen LogP contribution in [0.25, 0.3) is 15.3 Å². The van der Waals surface area contributed by atoms with Crippen LogP contribution < -0.4 is 5.73 Å². The van der Waals surface area contributed by atoms with Crippen molar-refractivity contribution in [2.24, 2.45) is 0 Å². The van der Waals surface area contributed by atoms with Crippen molar-refractivity contribution in [3.05, 3.63) is 30.2 Å². The number of rotatable bonds is 1. The average Bonchev–Trinajstić information content (AvgIpc) is 2.82. The molecule has 0 aliphatic carbocycles. The highest BCUT2D eigenvalue weighted by molar-refractivity contribution is 7.20. The number of fused-ring (bicyclic) bond motifs is 1.